The van der Waals surface area contributed by atoms with E-state index in [1.54, 1.807) is 4.57 Å². The molecule has 0 radical (unpaired) electrons. The van der Waals surface area contributed by atoms with Gasteiger partial charge in [-0.05, 0) is 21.9 Å². The number of H-pyrrole nitrogens is 1. The number of nitrogens with one attached hydrogen (secondary N) is 1. The number of rotatable bonds is 8. The van der Waals surface area contributed by atoms with Gasteiger partial charge in [-0.2, -0.15) is 13.6 Å². The Labute approximate surface area is 206 Å². The van der Waals surface area contributed by atoms with Crippen molar-refractivity contribution in [2.24, 2.45) is 0 Å². The van der Waals surface area contributed by atoms with Gasteiger partial charge in [-0.1, -0.05) is 73.5 Å². The van der Waals surface area contributed by atoms with Crippen LogP contribution in [-0.4, -0.2) is 43.7 Å². The monoisotopic (exact) mass is 516 g/mol. The lowest BCUT2D eigenvalue weighted by molar-refractivity contribution is -0.208. The fourth-order valence-electron chi connectivity index (χ4n) is 4.18. The maximum absolute atomic E-state index is 11.7. The van der Waals surface area contributed by atoms with Crippen molar-refractivity contribution in [1.29, 1.82) is 0 Å². The molecule has 1 fully saturated rings. The predicted molar refractivity (Wildman–Crippen MR) is 125 cm³/mol. The molecule has 1 aliphatic rings. The summed E-state index contributed by atoms with van der Waals surface area (Å²) in [6.07, 6.45) is 0.819. The Hall–Kier alpha value is -3.16. The number of tetrazole rings is 1. The van der Waals surface area contributed by atoms with E-state index in [1.807, 2.05) is 55.5 Å². The number of hydrogen-bond acceptors (Lipinski definition) is 9. The summed E-state index contributed by atoms with van der Waals surface area (Å²) in [4.78, 5) is 4.29. The molecule has 11 nitrogen and oxygen atoms in total. The van der Waals surface area contributed by atoms with Crippen LogP contribution < -0.4 is 0 Å². The van der Waals surface area contributed by atoms with Crippen LogP contribution in [0.1, 0.15) is 36.8 Å². The highest BCUT2D eigenvalue weighted by Gasteiger charge is 2.56. The molecule has 0 unspecified atom stereocenters. The van der Waals surface area contributed by atoms with Gasteiger partial charge in [-0.15, -0.1) is 10.2 Å². The fraction of sp³-hybridized carbons (Fsp3) is 0.273. The molecule has 2 aromatic carbocycles. The summed E-state index contributed by atoms with van der Waals surface area (Å²) in [7, 11) is -4.09. The van der Waals surface area contributed by atoms with Crippen LogP contribution in [0.25, 0.3) is 22.5 Å². The van der Waals surface area contributed by atoms with Crippen molar-refractivity contribution >= 4 is 22.0 Å². The summed E-state index contributed by atoms with van der Waals surface area (Å²) < 4.78 is 35.3. The van der Waals surface area contributed by atoms with E-state index < -0.39 is 22.8 Å². The molecule has 0 amide bonds. The highest BCUT2D eigenvalue weighted by atomic mass is 35.5. The number of aromatic amines is 1. The zero-order valence-electron chi connectivity index (χ0n) is 18.5. The summed E-state index contributed by atoms with van der Waals surface area (Å²) in [5.74, 6) is -0.893. The zero-order valence-corrected chi connectivity index (χ0v) is 20.1. The van der Waals surface area contributed by atoms with Gasteiger partial charge in [0.1, 0.15) is 0 Å². The molecular formula is C22H21ClN6O5S. The van der Waals surface area contributed by atoms with E-state index in [0.29, 0.717) is 17.9 Å². The summed E-state index contributed by atoms with van der Waals surface area (Å²) >= 11 is 6.27. The van der Waals surface area contributed by atoms with E-state index in [9.17, 15) is 13.5 Å². The number of nitrogens with zero attached hydrogens (tertiary/aromatic N) is 5. The third kappa shape index (κ3) is 4.34. The lowest BCUT2D eigenvalue weighted by Crippen LogP contribution is -2.49. The Morgan fingerprint density at radius 3 is 2.43 bits per heavy atom. The second-order valence-corrected chi connectivity index (χ2v) is 9.48. The second kappa shape index (κ2) is 9.13. The van der Waals surface area contributed by atoms with Crippen molar-refractivity contribution in [2.75, 3.05) is 0 Å². The molecule has 4 aromatic rings. The van der Waals surface area contributed by atoms with Gasteiger partial charge in [0.25, 0.3) is 5.79 Å². The highest BCUT2D eigenvalue weighted by molar-refractivity contribution is 7.82. The van der Waals surface area contributed by atoms with Crippen molar-refractivity contribution in [3.63, 3.8) is 0 Å². The molecule has 0 atom stereocenters. The Balaban J connectivity index is 1.49. The van der Waals surface area contributed by atoms with Crippen molar-refractivity contribution < 1.29 is 21.9 Å². The molecular weight excluding hydrogens is 496 g/mol. The van der Waals surface area contributed by atoms with Gasteiger partial charge in [0.15, 0.2) is 11.0 Å². The largest absolute Gasteiger partial charge is 0.406 e. The van der Waals surface area contributed by atoms with Gasteiger partial charge in [-0.25, -0.2) is 13.4 Å². The van der Waals surface area contributed by atoms with E-state index in [-0.39, 0.29) is 23.9 Å². The first-order chi connectivity index (χ1) is 16.9. The molecule has 0 bridgehead atoms. The van der Waals surface area contributed by atoms with Crippen LogP contribution in [0.4, 0.5) is 0 Å². The standard InChI is InChI=1S/C22H21ClN6O5S/c1-2-11-22(33-35(31,32)34-22)21-24-19(23)18(13-30)29(21)12-14-7-9-15(10-8-14)16-5-3-4-6-17(16)20-25-27-28-26-20/h3-10,30H,2,11-13H2,1H3,(H,25,26,27,28). The molecule has 2 N–H and O–H groups in total. The number of imidazole rings is 1. The first kappa shape index (κ1) is 23.6. The Bertz CT molecular complexity index is 1440. The number of benzene rings is 2. The van der Waals surface area contributed by atoms with Crippen molar-refractivity contribution in [3.8, 4) is 22.5 Å². The topological polar surface area (TPSA) is 145 Å². The number of hydrogen-bond donors (Lipinski definition) is 2. The Morgan fingerprint density at radius 2 is 1.83 bits per heavy atom. The average Bonchev–Trinajstić information content (AvgIpc) is 3.47. The summed E-state index contributed by atoms with van der Waals surface area (Å²) in [5, 5.41) is 24.3. The molecule has 1 saturated heterocycles. The van der Waals surface area contributed by atoms with Crippen LogP contribution in [0.15, 0.2) is 48.5 Å². The maximum atomic E-state index is 11.7. The minimum Gasteiger partial charge on any atom is -0.390 e. The van der Waals surface area contributed by atoms with Gasteiger partial charge in [-0.3, -0.25) is 0 Å². The van der Waals surface area contributed by atoms with Crippen molar-refractivity contribution in [3.05, 3.63) is 70.8 Å². The van der Waals surface area contributed by atoms with Gasteiger partial charge >= 0.3 is 10.4 Å². The Kier molecular flexibility index (Phi) is 6.15. The van der Waals surface area contributed by atoms with E-state index in [1.165, 1.54) is 0 Å². The third-order valence-electron chi connectivity index (χ3n) is 5.69. The van der Waals surface area contributed by atoms with Gasteiger partial charge in [0.05, 0.1) is 12.3 Å². The lowest BCUT2D eigenvalue weighted by Gasteiger charge is -2.38. The molecule has 5 rings (SSSR count). The fourth-order valence-corrected chi connectivity index (χ4v) is 5.41. The summed E-state index contributed by atoms with van der Waals surface area (Å²) in [6.45, 7) is 1.74. The van der Waals surface area contributed by atoms with Crippen LogP contribution in [0.5, 0.6) is 0 Å². The molecule has 0 aliphatic carbocycles. The summed E-state index contributed by atoms with van der Waals surface area (Å²) in [5.41, 5.74) is 3.91. The minimum absolute atomic E-state index is 0.0557. The van der Waals surface area contributed by atoms with Gasteiger partial charge < -0.3 is 9.67 Å². The normalized spacial score (nSPS) is 16.2. The molecule has 35 heavy (non-hydrogen) atoms. The van der Waals surface area contributed by atoms with Crippen LogP contribution in [0, 0.1) is 0 Å². The van der Waals surface area contributed by atoms with E-state index >= 15 is 0 Å². The Morgan fingerprint density at radius 1 is 1.11 bits per heavy atom. The molecule has 13 heteroatoms. The van der Waals surface area contributed by atoms with Crippen LogP contribution in [-0.2, 0) is 37.7 Å². The first-order valence-electron chi connectivity index (χ1n) is 10.8. The number of aliphatic hydroxyl groups is 1. The molecule has 3 heterocycles. The number of aliphatic hydroxyl groups excluding tert-OH is 1. The molecule has 1 aliphatic heterocycles. The maximum Gasteiger partial charge on any atom is 0.406 e. The van der Waals surface area contributed by atoms with Crippen LogP contribution in [0.2, 0.25) is 5.15 Å². The smallest absolute Gasteiger partial charge is 0.390 e. The minimum atomic E-state index is -4.09. The summed E-state index contributed by atoms with van der Waals surface area (Å²) in [6, 6.07) is 15.5. The SMILES string of the molecule is CCCC1(c2nc(Cl)c(CO)n2Cc2ccc(-c3ccccc3-c3nn[nH]n3)cc2)OS(=O)(=O)O1. The first-order valence-corrected chi connectivity index (χ1v) is 12.5. The van der Waals surface area contributed by atoms with Crippen molar-refractivity contribution in [2.45, 2.75) is 38.7 Å². The quantitative estimate of drug-likeness (QED) is 0.360. The molecule has 0 spiro atoms. The molecule has 0 saturated carbocycles. The second-order valence-electron chi connectivity index (χ2n) is 7.97. The highest BCUT2D eigenvalue weighted by Crippen LogP contribution is 2.44. The predicted octanol–water partition coefficient (Wildman–Crippen LogP) is 3.17. The zero-order chi connectivity index (χ0) is 24.6. The molecule has 182 valence electrons. The van der Waals surface area contributed by atoms with Crippen LogP contribution >= 0.6 is 11.6 Å². The number of aromatic nitrogens is 6. The third-order valence-corrected chi connectivity index (χ3v) is 6.93. The van der Waals surface area contributed by atoms with Crippen LogP contribution in [0.3, 0.4) is 0 Å². The van der Waals surface area contributed by atoms with E-state index in [2.05, 4.69) is 25.6 Å². The lowest BCUT2D eigenvalue weighted by atomic mass is 9.98. The average molecular weight is 517 g/mol. The number of halogens is 1. The van der Waals surface area contributed by atoms with Gasteiger partial charge in [0.2, 0.25) is 5.82 Å². The molecule has 2 aromatic heterocycles. The van der Waals surface area contributed by atoms with E-state index in [0.717, 1.165) is 22.3 Å². The van der Waals surface area contributed by atoms with Crippen molar-refractivity contribution in [1.82, 2.24) is 30.2 Å². The van der Waals surface area contributed by atoms with Gasteiger partial charge in [0, 0.05) is 18.5 Å². The van der Waals surface area contributed by atoms with E-state index in [4.69, 9.17) is 20.0 Å².